The van der Waals surface area contributed by atoms with Crippen LogP contribution in [-0.4, -0.2) is 5.71 Å². The molecule has 0 saturated carbocycles. The number of allylic oxidation sites excluding steroid dienone is 9. The van der Waals surface area contributed by atoms with Gasteiger partial charge < -0.3 is 5.73 Å². The Balaban J connectivity index is 0.000000184. The fraction of sp³-hybridized carbons (Fsp3) is 0.0816. The summed E-state index contributed by atoms with van der Waals surface area (Å²) in [7, 11) is 0. The minimum atomic E-state index is -0.304. The molecule has 11 rings (SSSR count). The maximum absolute atomic E-state index is 5.21. The lowest BCUT2D eigenvalue weighted by molar-refractivity contribution is 0.787. The van der Waals surface area contributed by atoms with Gasteiger partial charge in [0.1, 0.15) is 0 Å². The van der Waals surface area contributed by atoms with E-state index in [1.165, 1.54) is 95.0 Å². The molecule has 0 amide bonds. The number of rotatable bonds is 3. The standard InChI is InChI=1S/C36H22.C13H14N2/c1-21-10-8-16-26-24-13-4-6-18-30(24)36(35(21)26)31-19-7-5-14-27(31)34-28-17-9-15-25-22-11-2-3-12-23(22)29(33(25)28)20-32(34)36;14-10-6-2-5-9-12-13(15-12)11-7-3-1-4-8-11/h2-20H,1H3;1-7,9-11H,8,14H2/b;5-2-,10-6+,12-9+. The Bertz CT molecular complexity index is 2640. The van der Waals surface area contributed by atoms with Crippen LogP contribution in [-0.2, 0) is 5.41 Å². The van der Waals surface area contributed by atoms with Crippen LogP contribution in [0.25, 0.3) is 55.3 Å². The summed E-state index contributed by atoms with van der Waals surface area (Å²) < 4.78 is 0. The number of benzene rings is 6. The highest BCUT2D eigenvalue weighted by Gasteiger charge is 2.53. The van der Waals surface area contributed by atoms with Crippen molar-refractivity contribution in [3.8, 4) is 44.5 Å². The highest BCUT2D eigenvalue weighted by molar-refractivity contribution is 6.21. The summed E-state index contributed by atoms with van der Waals surface area (Å²) in [5.74, 6) is 0.486. The third kappa shape index (κ3) is 4.20. The summed E-state index contributed by atoms with van der Waals surface area (Å²) in [4.78, 5) is 4.36. The van der Waals surface area contributed by atoms with E-state index >= 15 is 0 Å². The average molecular weight is 653 g/mol. The van der Waals surface area contributed by atoms with Crippen LogP contribution < -0.4 is 5.73 Å². The van der Waals surface area contributed by atoms with Gasteiger partial charge in [-0.3, -0.25) is 0 Å². The molecule has 2 N–H and O–H groups in total. The lowest BCUT2D eigenvalue weighted by Crippen LogP contribution is -2.26. The van der Waals surface area contributed by atoms with E-state index in [0.717, 1.165) is 12.1 Å². The van der Waals surface area contributed by atoms with Crippen LogP contribution in [0.1, 0.15) is 34.2 Å². The van der Waals surface area contributed by atoms with E-state index < -0.39 is 0 Å². The molecule has 6 aromatic carbocycles. The van der Waals surface area contributed by atoms with Crippen LogP contribution in [0, 0.1) is 12.8 Å². The number of hydrogen-bond donors (Lipinski definition) is 1. The third-order valence-electron chi connectivity index (χ3n) is 11.3. The fourth-order valence-corrected chi connectivity index (χ4v) is 9.32. The van der Waals surface area contributed by atoms with Crippen molar-refractivity contribution in [3.05, 3.63) is 204 Å². The Kier molecular flexibility index (Phi) is 6.63. The van der Waals surface area contributed by atoms with E-state index in [2.05, 4.69) is 151 Å². The quantitative estimate of drug-likeness (QED) is 0.190. The SMILES string of the molecule is Cc1cccc2c1C1(c3ccccc3-2)c2ccccc2-c2c1cc1c3c(cccc23)-c2ccccc2-1.N/C=C/C=C\C=C1N=C\1C1C=CC=CC1. The minimum Gasteiger partial charge on any atom is -0.405 e. The lowest BCUT2D eigenvalue weighted by Gasteiger charge is -2.32. The fourth-order valence-electron chi connectivity index (χ4n) is 9.32. The molecule has 0 fully saturated rings. The summed E-state index contributed by atoms with van der Waals surface area (Å²) in [5, 5.41) is 2.78. The van der Waals surface area contributed by atoms with Crippen molar-refractivity contribution >= 4 is 16.5 Å². The normalized spacial score (nSPS) is 20.0. The first kappa shape index (κ1) is 29.6. The van der Waals surface area contributed by atoms with Crippen molar-refractivity contribution in [1.82, 2.24) is 0 Å². The van der Waals surface area contributed by atoms with Crippen LogP contribution in [0.3, 0.4) is 0 Å². The van der Waals surface area contributed by atoms with Gasteiger partial charge in [0.25, 0.3) is 0 Å². The molecule has 242 valence electrons. The van der Waals surface area contributed by atoms with Crippen LogP contribution in [0.15, 0.2) is 181 Å². The van der Waals surface area contributed by atoms with Gasteiger partial charge in [-0.15, -0.1) is 0 Å². The molecule has 2 nitrogen and oxygen atoms in total. The van der Waals surface area contributed by atoms with Gasteiger partial charge in [-0.25, -0.2) is 4.99 Å². The van der Waals surface area contributed by atoms with Crippen molar-refractivity contribution in [2.24, 2.45) is 16.6 Å². The van der Waals surface area contributed by atoms with Gasteiger partial charge in [0.15, 0.2) is 0 Å². The Labute approximate surface area is 299 Å². The van der Waals surface area contributed by atoms with Crippen molar-refractivity contribution in [2.45, 2.75) is 18.8 Å². The molecule has 51 heavy (non-hydrogen) atoms. The van der Waals surface area contributed by atoms with E-state index in [4.69, 9.17) is 5.73 Å². The molecule has 5 aliphatic rings. The molecular weight excluding hydrogens is 617 g/mol. The largest absolute Gasteiger partial charge is 0.405 e. The molecule has 6 aromatic rings. The number of nitrogens with zero attached hydrogens (tertiary/aromatic N) is 1. The summed E-state index contributed by atoms with van der Waals surface area (Å²) >= 11 is 0. The molecule has 1 spiro atoms. The number of aryl methyl sites for hydroxylation is 1. The van der Waals surface area contributed by atoms with Crippen molar-refractivity contribution in [1.29, 1.82) is 0 Å². The van der Waals surface area contributed by atoms with Gasteiger partial charge in [0, 0.05) is 5.92 Å². The average Bonchev–Trinajstić information content (AvgIpc) is 3.69. The summed E-state index contributed by atoms with van der Waals surface area (Å²) in [5.41, 5.74) is 25.3. The molecule has 0 bridgehead atoms. The van der Waals surface area contributed by atoms with Gasteiger partial charge in [-0.1, -0.05) is 146 Å². The summed E-state index contributed by atoms with van der Waals surface area (Å²) in [6.45, 7) is 2.29. The van der Waals surface area contributed by atoms with Gasteiger partial charge in [-0.2, -0.15) is 0 Å². The third-order valence-corrected chi connectivity index (χ3v) is 11.3. The second-order valence-electron chi connectivity index (χ2n) is 13.9. The maximum atomic E-state index is 5.21. The molecule has 4 aliphatic carbocycles. The Hall–Kier alpha value is -6.25. The summed E-state index contributed by atoms with van der Waals surface area (Å²) in [6.07, 6.45) is 18.8. The first-order valence-corrected chi connectivity index (χ1v) is 17.9. The smallest absolute Gasteiger partial charge is 0.0855 e. The van der Waals surface area contributed by atoms with E-state index in [9.17, 15) is 0 Å². The van der Waals surface area contributed by atoms with Crippen molar-refractivity contribution in [2.75, 3.05) is 0 Å². The molecule has 2 heteroatoms. The summed E-state index contributed by atoms with van der Waals surface area (Å²) in [6, 6.07) is 43.4. The predicted molar refractivity (Wildman–Crippen MR) is 214 cm³/mol. The molecule has 2 unspecified atom stereocenters. The van der Waals surface area contributed by atoms with E-state index in [1.54, 1.807) is 6.08 Å². The Morgan fingerprint density at radius 1 is 0.647 bits per heavy atom. The minimum absolute atomic E-state index is 0.304. The number of nitrogens with two attached hydrogens (primary N) is 1. The van der Waals surface area contributed by atoms with Crippen LogP contribution in [0.5, 0.6) is 0 Å². The molecule has 2 atom stereocenters. The molecule has 0 radical (unpaired) electrons. The zero-order chi connectivity index (χ0) is 34.1. The number of aliphatic imine (C=N–C) groups is 1. The molecule has 1 heterocycles. The number of fused-ring (bicyclic) bond motifs is 14. The van der Waals surface area contributed by atoms with Gasteiger partial charge in [0.05, 0.1) is 16.8 Å². The van der Waals surface area contributed by atoms with Crippen LogP contribution >= 0.6 is 0 Å². The molecule has 0 aromatic heterocycles. The molecule has 0 saturated heterocycles. The van der Waals surface area contributed by atoms with E-state index in [1.807, 2.05) is 18.2 Å². The van der Waals surface area contributed by atoms with Crippen molar-refractivity contribution < 1.29 is 0 Å². The van der Waals surface area contributed by atoms with Gasteiger partial charge in [0.2, 0.25) is 0 Å². The van der Waals surface area contributed by atoms with Gasteiger partial charge in [-0.05, 0) is 121 Å². The zero-order valence-corrected chi connectivity index (χ0v) is 28.5. The predicted octanol–water partition coefficient (Wildman–Crippen LogP) is 11.6. The second kappa shape index (κ2) is 11.4. The van der Waals surface area contributed by atoms with Gasteiger partial charge >= 0.3 is 0 Å². The molecular formula is C49H36N2. The lowest BCUT2D eigenvalue weighted by atomic mass is 9.69. The Morgan fingerprint density at radius 2 is 1.33 bits per heavy atom. The number of hydrogen-bond acceptors (Lipinski definition) is 2. The zero-order valence-electron chi connectivity index (χ0n) is 28.5. The highest BCUT2D eigenvalue weighted by Crippen LogP contribution is 2.66. The van der Waals surface area contributed by atoms with Crippen LogP contribution in [0.2, 0.25) is 0 Å². The highest BCUT2D eigenvalue weighted by atomic mass is 14.9. The van der Waals surface area contributed by atoms with E-state index in [0.29, 0.717) is 5.92 Å². The monoisotopic (exact) mass is 652 g/mol. The molecule has 1 aliphatic heterocycles. The topological polar surface area (TPSA) is 38.4 Å². The second-order valence-corrected chi connectivity index (χ2v) is 13.9. The first-order chi connectivity index (χ1) is 25.2. The van der Waals surface area contributed by atoms with E-state index in [-0.39, 0.29) is 5.41 Å². The van der Waals surface area contributed by atoms with Crippen molar-refractivity contribution in [3.63, 3.8) is 0 Å². The van der Waals surface area contributed by atoms with Crippen LogP contribution in [0.4, 0.5) is 0 Å². The Morgan fingerprint density at radius 3 is 2.12 bits per heavy atom. The first-order valence-electron chi connectivity index (χ1n) is 17.9. The maximum Gasteiger partial charge on any atom is 0.0855 e.